The zero-order valence-corrected chi connectivity index (χ0v) is 10.3. The Morgan fingerprint density at radius 1 is 1.56 bits per heavy atom. The van der Waals surface area contributed by atoms with E-state index in [-0.39, 0.29) is 12.4 Å². The minimum absolute atomic E-state index is 0.255. The van der Waals surface area contributed by atoms with Gasteiger partial charge in [0.15, 0.2) is 11.9 Å². The smallest absolute Gasteiger partial charge is 0.307 e. The van der Waals surface area contributed by atoms with Crippen LogP contribution in [0.2, 0.25) is 0 Å². The fourth-order valence-electron chi connectivity index (χ4n) is 1.46. The quantitative estimate of drug-likeness (QED) is 0.757. The molecule has 1 unspecified atom stereocenters. The Morgan fingerprint density at radius 3 is 3.00 bits per heavy atom. The van der Waals surface area contributed by atoms with Gasteiger partial charge in [-0.1, -0.05) is 5.16 Å². The van der Waals surface area contributed by atoms with E-state index in [1.165, 1.54) is 0 Å². The lowest BCUT2D eigenvalue weighted by atomic mass is 10.2. The molecule has 2 aromatic rings. The number of esters is 1. The third-order valence-corrected chi connectivity index (χ3v) is 2.35. The number of aryl methyl sites for hydroxylation is 2. The van der Waals surface area contributed by atoms with Crippen LogP contribution in [0.1, 0.15) is 36.9 Å². The molecule has 0 saturated heterocycles. The number of hydrogen-bond donors (Lipinski definition) is 0. The molecule has 18 heavy (non-hydrogen) atoms. The van der Waals surface area contributed by atoms with Crippen LogP contribution in [0, 0.1) is 6.92 Å². The maximum absolute atomic E-state index is 11.6. The van der Waals surface area contributed by atoms with E-state index >= 15 is 0 Å². The Bertz CT molecular complexity index is 504. The van der Waals surface area contributed by atoms with Crippen molar-refractivity contribution < 1.29 is 18.5 Å². The van der Waals surface area contributed by atoms with Crippen LogP contribution in [-0.2, 0) is 16.0 Å². The number of hydrogen-bond acceptors (Lipinski definition) is 6. The first-order valence-electron chi connectivity index (χ1n) is 5.67. The van der Waals surface area contributed by atoms with E-state index in [0.717, 1.165) is 5.76 Å². The van der Waals surface area contributed by atoms with Crippen molar-refractivity contribution in [1.82, 2.24) is 10.1 Å². The van der Waals surface area contributed by atoms with Gasteiger partial charge in [-0.2, -0.15) is 4.98 Å². The molecule has 0 aliphatic carbocycles. The van der Waals surface area contributed by atoms with Gasteiger partial charge in [-0.05, 0) is 26.0 Å². The summed E-state index contributed by atoms with van der Waals surface area (Å²) in [7, 11) is 0. The highest BCUT2D eigenvalue weighted by Gasteiger charge is 2.17. The second-order valence-electron chi connectivity index (χ2n) is 3.89. The van der Waals surface area contributed by atoms with Crippen LogP contribution in [0.4, 0.5) is 0 Å². The van der Waals surface area contributed by atoms with Gasteiger partial charge in [-0.25, -0.2) is 0 Å². The van der Waals surface area contributed by atoms with Gasteiger partial charge in [-0.15, -0.1) is 0 Å². The molecule has 2 aromatic heterocycles. The van der Waals surface area contributed by atoms with Crippen LogP contribution in [-0.4, -0.2) is 16.1 Å². The van der Waals surface area contributed by atoms with Crippen molar-refractivity contribution in [2.75, 3.05) is 0 Å². The second-order valence-corrected chi connectivity index (χ2v) is 3.89. The summed E-state index contributed by atoms with van der Waals surface area (Å²) in [6.45, 7) is 3.40. The fraction of sp³-hybridized carbons (Fsp3) is 0.417. The van der Waals surface area contributed by atoms with E-state index in [4.69, 9.17) is 13.7 Å². The number of furan rings is 1. The van der Waals surface area contributed by atoms with Crippen LogP contribution >= 0.6 is 0 Å². The van der Waals surface area contributed by atoms with Gasteiger partial charge in [0.2, 0.25) is 0 Å². The van der Waals surface area contributed by atoms with Gasteiger partial charge in [-0.3, -0.25) is 4.79 Å². The number of rotatable bonds is 5. The maximum Gasteiger partial charge on any atom is 0.307 e. The van der Waals surface area contributed by atoms with Crippen molar-refractivity contribution in [3.63, 3.8) is 0 Å². The molecule has 0 saturated carbocycles. The monoisotopic (exact) mass is 250 g/mol. The molecule has 1 atom stereocenters. The van der Waals surface area contributed by atoms with E-state index in [1.54, 1.807) is 26.2 Å². The summed E-state index contributed by atoms with van der Waals surface area (Å²) in [6.07, 6.45) is 1.81. The van der Waals surface area contributed by atoms with Crippen LogP contribution in [0.5, 0.6) is 0 Å². The van der Waals surface area contributed by atoms with E-state index < -0.39 is 6.10 Å². The van der Waals surface area contributed by atoms with E-state index in [0.29, 0.717) is 18.1 Å². The molecule has 0 amide bonds. The topological polar surface area (TPSA) is 78.4 Å². The molecule has 0 spiro atoms. The third kappa shape index (κ3) is 3.19. The number of carbonyl (C=O) groups is 1. The van der Waals surface area contributed by atoms with Crippen LogP contribution in [0.3, 0.4) is 0 Å². The molecule has 6 nitrogen and oxygen atoms in total. The van der Waals surface area contributed by atoms with Gasteiger partial charge in [0.25, 0.3) is 5.89 Å². The molecule has 2 rings (SSSR count). The second kappa shape index (κ2) is 5.48. The minimum Gasteiger partial charge on any atom is -0.469 e. The van der Waals surface area contributed by atoms with Gasteiger partial charge in [0.05, 0.1) is 12.7 Å². The molecule has 96 valence electrons. The summed E-state index contributed by atoms with van der Waals surface area (Å²) >= 11 is 0. The van der Waals surface area contributed by atoms with Crippen LogP contribution in [0.25, 0.3) is 0 Å². The van der Waals surface area contributed by atoms with Crippen molar-refractivity contribution in [3.05, 3.63) is 35.9 Å². The highest BCUT2D eigenvalue weighted by molar-refractivity contribution is 5.69. The Labute approximate surface area is 104 Å². The number of carbonyl (C=O) groups excluding carboxylic acids is 1. The van der Waals surface area contributed by atoms with E-state index in [1.807, 2.05) is 6.07 Å². The molecule has 0 bridgehead atoms. The molecule has 0 aromatic carbocycles. The zero-order valence-electron chi connectivity index (χ0n) is 10.3. The Morgan fingerprint density at radius 2 is 2.39 bits per heavy atom. The van der Waals surface area contributed by atoms with E-state index in [2.05, 4.69) is 10.1 Å². The first-order valence-corrected chi connectivity index (χ1v) is 5.67. The highest BCUT2D eigenvalue weighted by atomic mass is 16.6. The summed E-state index contributed by atoms with van der Waals surface area (Å²) in [5.41, 5.74) is 0. The number of ether oxygens (including phenoxy) is 1. The Balaban J connectivity index is 1.80. The first-order chi connectivity index (χ1) is 8.65. The van der Waals surface area contributed by atoms with Gasteiger partial charge in [0, 0.05) is 6.42 Å². The summed E-state index contributed by atoms with van der Waals surface area (Å²) in [6, 6.07) is 3.60. The molecule has 0 aliphatic heterocycles. The Kier molecular flexibility index (Phi) is 3.76. The summed E-state index contributed by atoms with van der Waals surface area (Å²) in [5, 5.41) is 3.64. The van der Waals surface area contributed by atoms with Crippen molar-refractivity contribution in [2.24, 2.45) is 0 Å². The molecular formula is C12H14N2O4. The highest BCUT2D eigenvalue weighted by Crippen LogP contribution is 2.15. The molecule has 0 radical (unpaired) electrons. The molecule has 0 fully saturated rings. The predicted molar refractivity (Wildman–Crippen MR) is 60.6 cm³/mol. The van der Waals surface area contributed by atoms with Gasteiger partial charge < -0.3 is 13.7 Å². The molecule has 6 heteroatoms. The minimum atomic E-state index is -0.532. The summed E-state index contributed by atoms with van der Waals surface area (Å²) in [4.78, 5) is 15.6. The van der Waals surface area contributed by atoms with Crippen LogP contribution in [0.15, 0.2) is 27.3 Å². The first kappa shape index (κ1) is 12.3. The van der Waals surface area contributed by atoms with Crippen LogP contribution < -0.4 is 0 Å². The predicted octanol–water partition coefficient (Wildman–Crippen LogP) is 2.21. The zero-order chi connectivity index (χ0) is 13.0. The van der Waals surface area contributed by atoms with Gasteiger partial charge in [0.1, 0.15) is 5.76 Å². The maximum atomic E-state index is 11.6. The van der Waals surface area contributed by atoms with E-state index in [9.17, 15) is 4.79 Å². The molecular weight excluding hydrogens is 236 g/mol. The molecule has 0 N–H and O–H groups in total. The third-order valence-electron chi connectivity index (χ3n) is 2.35. The number of aromatic nitrogens is 2. The largest absolute Gasteiger partial charge is 0.469 e. The van der Waals surface area contributed by atoms with Gasteiger partial charge >= 0.3 is 5.97 Å². The Hall–Kier alpha value is -2.11. The summed E-state index contributed by atoms with van der Waals surface area (Å²) < 4.78 is 15.2. The summed E-state index contributed by atoms with van der Waals surface area (Å²) in [5.74, 6) is 1.25. The average molecular weight is 250 g/mol. The fourth-order valence-corrected chi connectivity index (χ4v) is 1.46. The van der Waals surface area contributed by atoms with Crippen molar-refractivity contribution in [3.8, 4) is 0 Å². The lowest BCUT2D eigenvalue weighted by Crippen LogP contribution is -2.09. The van der Waals surface area contributed by atoms with Crippen molar-refractivity contribution >= 4 is 5.97 Å². The molecule has 2 heterocycles. The SMILES string of the molecule is Cc1noc(C(C)OC(=O)CCc2ccco2)n1. The number of nitrogens with zero attached hydrogens (tertiary/aromatic N) is 2. The van der Waals surface area contributed by atoms with Crippen molar-refractivity contribution in [1.29, 1.82) is 0 Å². The standard InChI is InChI=1S/C12H14N2O4/c1-8(12-13-9(2)14-18-12)17-11(15)6-5-10-4-3-7-16-10/h3-4,7-8H,5-6H2,1-2H3. The molecule has 0 aliphatic rings. The normalized spacial score (nSPS) is 12.3. The average Bonchev–Trinajstić information content (AvgIpc) is 2.97. The lowest BCUT2D eigenvalue weighted by Gasteiger charge is -2.08. The van der Waals surface area contributed by atoms with Crippen molar-refractivity contribution in [2.45, 2.75) is 32.8 Å². The lowest BCUT2D eigenvalue weighted by molar-refractivity contribution is -0.149.